The van der Waals surface area contributed by atoms with Crippen LogP contribution < -0.4 is 5.32 Å². The number of hydrogen-bond acceptors (Lipinski definition) is 2. The smallest absolute Gasteiger partial charge is 0.122 e. The highest BCUT2D eigenvalue weighted by atomic mass is 35.5. The zero-order chi connectivity index (χ0) is 13.8. The highest BCUT2D eigenvalue weighted by molar-refractivity contribution is 6.31. The maximum absolute atomic E-state index is 9.76. The molecule has 0 fully saturated rings. The number of hydrogen-bond donors (Lipinski definition) is 2. The molecule has 2 aromatic carbocycles. The van der Waals surface area contributed by atoms with Crippen molar-refractivity contribution in [2.75, 3.05) is 5.32 Å². The summed E-state index contributed by atoms with van der Waals surface area (Å²) in [5.41, 5.74) is 3.05. The van der Waals surface area contributed by atoms with Crippen LogP contribution in [0.15, 0.2) is 42.5 Å². The van der Waals surface area contributed by atoms with Crippen molar-refractivity contribution >= 4 is 17.3 Å². The van der Waals surface area contributed by atoms with Gasteiger partial charge in [0.05, 0.1) is 0 Å². The van der Waals surface area contributed by atoms with E-state index >= 15 is 0 Å². The fourth-order valence-electron chi connectivity index (χ4n) is 1.90. The summed E-state index contributed by atoms with van der Waals surface area (Å²) in [6, 6.07) is 13.5. The average Bonchev–Trinajstić information content (AvgIpc) is 2.38. The van der Waals surface area contributed by atoms with E-state index in [4.69, 9.17) is 11.6 Å². The lowest BCUT2D eigenvalue weighted by Crippen LogP contribution is -2.00. The number of phenolic OH excluding ortho intramolecular Hbond substituents is 1. The van der Waals surface area contributed by atoms with Gasteiger partial charge in [0.25, 0.3) is 0 Å². The van der Waals surface area contributed by atoms with Crippen molar-refractivity contribution in [3.05, 3.63) is 58.6 Å². The Labute approximate surface area is 119 Å². The van der Waals surface area contributed by atoms with E-state index in [2.05, 4.69) is 31.3 Å². The molecule has 0 aliphatic rings. The van der Waals surface area contributed by atoms with Crippen LogP contribution in [0.1, 0.15) is 30.9 Å². The van der Waals surface area contributed by atoms with Crippen molar-refractivity contribution in [3.63, 3.8) is 0 Å². The Morgan fingerprint density at radius 2 is 1.79 bits per heavy atom. The fraction of sp³-hybridized carbons (Fsp3) is 0.250. The minimum absolute atomic E-state index is 0.221. The van der Waals surface area contributed by atoms with Crippen LogP contribution in [0.2, 0.25) is 5.02 Å². The summed E-state index contributed by atoms with van der Waals surface area (Å²) in [4.78, 5) is 0. The van der Waals surface area contributed by atoms with E-state index in [-0.39, 0.29) is 5.75 Å². The van der Waals surface area contributed by atoms with Crippen molar-refractivity contribution in [2.45, 2.75) is 26.3 Å². The van der Waals surface area contributed by atoms with Crippen LogP contribution in [0.3, 0.4) is 0 Å². The minimum Gasteiger partial charge on any atom is -0.508 e. The molecule has 0 aromatic heterocycles. The summed E-state index contributed by atoms with van der Waals surface area (Å²) < 4.78 is 0. The summed E-state index contributed by atoms with van der Waals surface area (Å²) in [6.45, 7) is 4.85. The first-order valence-corrected chi connectivity index (χ1v) is 6.76. The van der Waals surface area contributed by atoms with Crippen molar-refractivity contribution in [2.24, 2.45) is 0 Å². The second-order valence-corrected chi connectivity index (χ2v) is 5.27. The Hall–Kier alpha value is -1.67. The number of aromatic hydroxyl groups is 1. The predicted molar refractivity (Wildman–Crippen MR) is 81.0 cm³/mol. The van der Waals surface area contributed by atoms with E-state index in [9.17, 15) is 5.11 Å². The molecule has 2 rings (SSSR count). The predicted octanol–water partition coefficient (Wildman–Crippen LogP) is 4.78. The van der Waals surface area contributed by atoms with Crippen molar-refractivity contribution in [3.8, 4) is 5.75 Å². The number of rotatable bonds is 4. The second kappa shape index (κ2) is 5.98. The van der Waals surface area contributed by atoms with Gasteiger partial charge < -0.3 is 10.4 Å². The molecule has 0 unspecified atom stereocenters. The molecular weight excluding hydrogens is 258 g/mol. The molecule has 100 valence electrons. The third-order valence-corrected chi connectivity index (χ3v) is 3.49. The van der Waals surface area contributed by atoms with Gasteiger partial charge in [-0.15, -0.1) is 0 Å². The first-order chi connectivity index (χ1) is 9.08. The molecule has 0 aliphatic carbocycles. The van der Waals surface area contributed by atoms with Crippen molar-refractivity contribution in [1.82, 2.24) is 0 Å². The highest BCUT2D eigenvalue weighted by Gasteiger charge is 2.05. The monoisotopic (exact) mass is 275 g/mol. The van der Waals surface area contributed by atoms with E-state index in [0.29, 0.717) is 17.5 Å². The lowest BCUT2D eigenvalue weighted by atomic mass is 10.0. The van der Waals surface area contributed by atoms with Crippen LogP contribution in [0.25, 0.3) is 0 Å². The van der Waals surface area contributed by atoms with Crippen LogP contribution in [-0.4, -0.2) is 5.11 Å². The quantitative estimate of drug-likeness (QED) is 0.841. The molecule has 0 bridgehead atoms. The van der Waals surface area contributed by atoms with E-state index in [1.165, 1.54) is 5.56 Å². The van der Waals surface area contributed by atoms with Crippen molar-refractivity contribution < 1.29 is 5.11 Å². The first kappa shape index (κ1) is 13.8. The maximum atomic E-state index is 9.76. The molecule has 0 atom stereocenters. The van der Waals surface area contributed by atoms with Gasteiger partial charge in [0, 0.05) is 22.8 Å². The number of anilines is 1. The third kappa shape index (κ3) is 3.42. The fourth-order valence-corrected chi connectivity index (χ4v) is 2.13. The largest absolute Gasteiger partial charge is 0.508 e. The van der Waals surface area contributed by atoms with E-state index in [1.54, 1.807) is 18.2 Å². The van der Waals surface area contributed by atoms with Crippen LogP contribution >= 0.6 is 11.6 Å². The van der Waals surface area contributed by atoms with Gasteiger partial charge in [-0.2, -0.15) is 0 Å². The van der Waals surface area contributed by atoms with Crippen molar-refractivity contribution in [1.29, 1.82) is 0 Å². The molecule has 0 amide bonds. The van der Waals surface area contributed by atoms with E-state index in [1.807, 2.05) is 12.1 Å². The molecule has 2 nitrogen and oxygen atoms in total. The van der Waals surface area contributed by atoms with Gasteiger partial charge in [-0.1, -0.05) is 43.6 Å². The molecule has 0 saturated heterocycles. The van der Waals surface area contributed by atoms with Crippen LogP contribution in [0, 0.1) is 0 Å². The van der Waals surface area contributed by atoms with Gasteiger partial charge in [0.2, 0.25) is 0 Å². The number of nitrogens with one attached hydrogen (secondary N) is 1. The topological polar surface area (TPSA) is 32.3 Å². The minimum atomic E-state index is 0.221. The molecule has 0 spiro atoms. The second-order valence-electron chi connectivity index (χ2n) is 4.87. The van der Waals surface area contributed by atoms with Gasteiger partial charge in [0.1, 0.15) is 5.75 Å². The number of benzene rings is 2. The summed E-state index contributed by atoms with van der Waals surface area (Å²) in [5, 5.41) is 13.6. The van der Waals surface area contributed by atoms with Crippen LogP contribution in [-0.2, 0) is 6.54 Å². The Kier molecular flexibility index (Phi) is 4.33. The van der Waals surface area contributed by atoms with Gasteiger partial charge in [0.15, 0.2) is 0 Å². The molecule has 0 aliphatic heterocycles. The van der Waals surface area contributed by atoms with Gasteiger partial charge in [-0.25, -0.2) is 0 Å². The standard InChI is InChI=1S/C16H18ClNO/c1-11(2)12-6-8-13(9-7-12)18-10-14-15(17)4-3-5-16(14)19/h3-9,11,18-19H,10H2,1-2H3. The zero-order valence-corrected chi connectivity index (χ0v) is 11.9. The molecular formula is C16H18ClNO. The summed E-state index contributed by atoms with van der Waals surface area (Å²) >= 11 is 6.06. The first-order valence-electron chi connectivity index (χ1n) is 6.38. The summed E-state index contributed by atoms with van der Waals surface area (Å²) in [6.07, 6.45) is 0. The lowest BCUT2D eigenvalue weighted by Gasteiger charge is -2.11. The Bertz CT molecular complexity index is 529. The van der Waals surface area contributed by atoms with Gasteiger partial charge >= 0.3 is 0 Å². The normalized spacial score (nSPS) is 10.7. The average molecular weight is 276 g/mol. The van der Waals surface area contributed by atoms with Gasteiger partial charge in [-0.3, -0.25) is 0 Å². The summed E-state index contributed by atoms with van der Waals surface area (Å²) in [5.74, 6) is 0.750. The molecule has 0 radical (unpaired) electrons. The SMILES string of the molecule is CC(C)c1ccc(NCc2c(O)cccc2Cl)cc1. The Morgan fingerprint density at radius 3 is 2.37 bits per heavy atom. The lowest BCUT2D eigenvalue weighted by molar-refractivity contribution is 0.469. The molecule has 2 N–H and O–H groups in total. The summed E-state index contributed by atoms with van der Waals surface area (Å²) in [7, 11) is 0. The maximum Gasteiger partial charge on any atom is 0.122 e. The van der Waals surface area contributed by atoms with E-state index in [0.717, 1.165) is 11.3 Å². The molecule has 19 heavy (non-hydrogen) atoms. The zero-order valence-electron chi connectivity index (χ0n) is 11.2. The number of halogens is 1. The van der Waals surface area contributed by atoms with Crippen LogP contribution in [0.4, 0.5) is 5.69 Å². The van der Waals surface area contributed by atoms with E-state index < -0.39 is 0 Å². The molecule has 0 saturated carbocycles. The molecule has 0 heterocycles. The number of phenols is 1. The highest BCUT2D eigenvalue weighted by Crippen LogP contribution is 2.26. The Balaban J connectivity index is 2.06. The molecule has 2 aromatic rings. The molecule has 3 heteroatoms. The van der Waals surface area contributed by atoms with Gasteiger partial charge in [-0.05, 0) is 35.7 Å². The third-order valence-electron chi connectivity index (χ3n) is 3.14. The Morgan fingerprint density at radius 1 is 1.11 bits per heavy atom. The van der Waals surface area contributed by atoms with Crippen LogP contribution in [0.5, 0.6) is 5.75 Å².